The summed E-state index contributed by atoms with van der Waals surface area (Å²) in [4.78, 5) is 17.0. The number of halogens is 1. The summed E-state index contributed by atoms with van der Waals surface area (Å²) in [6, 6.07) is 7.72. The van der Waals surface area contributed by atoms with Crippen LogP contribution in [0.4, 0.5) is 0 Å². The summed E-state index contributed by atoms with van der Waals surface area (Å²) in [5.41, 5.74) is 0.869. The number of benzene rings is 1. The van der Waals surface area contributed by atoms with Gasteiger partial charge in [0.15, 0.2) is 5.16 Å². The fourth-order valence-electron chi connectivity index (χ4n) is 2.13. The Balaban J connectivity index is 2.18. The lowest BCUT2D eigenvalue weighted by atomic mass is 9.90. The second kappa shape index (κ2) is 7.04. The lowest BCUT2D eigenvalue weighted by Gasteiger charge is -2.28. The smallest absolute Gasteiger partial charge is 0.234 e. The van der Waals surface area contributed by atoms with Crippen molar-refractivity contribution < 1.29 is 4.79 Å². The molecule has 0 radical (unpaired) electrons. The van der Waals surface area contributed by atoms with Crippen LogP contribution < -0.4 is 5.32 Å². The second-order valence-corrected chi connectivity index (χ2v) is 8.05. The fraction of sp³-hybridized carbons (Fsp3) is 0.471. The molecule has 128 valence electrons. The number of carbonyl (C=O) groups is 1. The summed E-state index contributed by atoms with van der Waals surface area (Å²) >= 11 is 7.36. The Kier molecular flexibility index (Phi) is 5.46. The Labute approximate surface area is 151 Å². The zero-order valence-corrected chi connectivity index (χ0v) is 16.0. The molecule has 2 aromatic rings. The molecular weight excluding hydrogens is 344 g/mol. The zero-order valence-electron chi connectivity index (χ0n) is 14.4. The maximum absolute atomic E-state index is 12.5. The fourth-order valence-corrected chi connectivity index (χ4v) is 3.18. The Morgan fingerprint density at radius 1 is 1.46 bits per heavy atom. The minimum Gasteiger partial charge on any atom is -0.337 e. The van der Waals surface area contributed by atoms with Gasteiger partial charge in [0, 0.05) is 12.1 Å². The van der Waals surface area contributed by atoms with Gasteiger partial charge in [0.05, 0.1) is 22.4 Å². The van der Waals surface area contributed by atoms with Gasteiger partial charge >= 0.3 is 0 Å². The molecule has 0 aliphatic rings. The number of fused-ring (bicyclic) bond motifs is 1. The second-order valence-electron chi connectivity index (χ2n) is 6.30. The number of hydrogen-bond acceptors (Lipinski definition) is 4. The molecule has 0 saturated carbocycles. The van der Waals surface area contributed by atoms with Gasteiger partial charge in [-0.1, -0.05) is 37.2 Å². The highest BCUT2D eigenvalue weighted by Gasteiger charge is 2.32. The number of nitrogens with one attached hydrogen (secondary N) is 1. The number of nitrogens with zero attached hydrogens (tertiary/aromatic N) is 3. The standard InChI is InChI=1S/C17H21ClN4OS/c1-10(2)17(4,9-19)21-15(23)11(3)24-16-20-13-8-12(18)6-7-14(13)22(16)5/h6-8,10-11H,1-5H3,(H,21,23)/t11-,17-/m0/s1. The van der Waals surface area contributed by atoms with Gasteiger partial charge in [0.1, 0.15) is 5.54 Å². The van der Waals surface area contributed by atoms with Crippen LogP contribution in [0.5, 0.6) is 0 Å². The van der Waals surface area contributed by atoms with Crippen molar-refractivity contribution in [2.75, 3.05) is 0 Å². The van der Waals surface area contributed by atoms with Gasteiger partial charge in [-0.3, -0.25) is 4.79 Å². The van der Waals surface area contributed by atoms with Crippen LogP contribution in [0, 0.1) is 17.2 Å². The van der Waals surface area contributed by atoms with E-state index in [-0.39, 0.29) is 17.1 Å². The van der Waals surface area contributed by atoms with Gasteiger partial charge in [-0.2, -0.15) is 5.26 Å². The van der Waals surface area contributed by atoms with Crippen molar-refractivity contribution in [3.63, 3.8) is 0 Å². The lowest BCUT2D eigenvalue weighted by Crippen LogP contribution is -2.51. The summed E-state index contributed by atoms with van der Waals surface area (Å²) in [7, 11) is 1.91. The third kappa shape index (κ3) is 3.68. The molecule has 1 N–H and O–H groups in total. The molecule has 1 heterocycles. The van der Waals surface area contributed by atoms with Crippen molar-refractivity contribution in [2.24, 2.45) is 13.0 Å². The molecule has 2 atom stereocenters. The number of thioether (sulfide) groups is 1. The van der Waals surface area contributed by atoms with Crippen LogP contribution in [0.25, 0.3) is 11.0 Å². The monoisotopic (exact) mass is 364 g/mol. The first-order valence-corrected chi connectivity index (χ1v) is 8.95. The molecule has 1 amide bonds. The van der Waals surface area contributed by atoms with Crippen LogP contribution in [-0.4, -0.2) is 26.2 Å². The summed E-state index contributed by atoms with van der Waals surface area (Å²) in [5, 5.41) is 13.2. The van der Waals surface area contributed by atoms with Crippen LogP contribution in [0.3, 0.4) is 0 Å². The Morgan fingerprint density at radius 3 is 2.71 bits per heavy atom. The average Bonchev–Trinajstić information content (AvgIpc) is 2.82. The Bertz CT molecular complexity index is 811. The van der Waals surface area contributed by atoms with Crippen molar-refractivity contribution in [2.45, 2.75) is 43.6 Å². The summed E-state index contributed by atoms with van der Waals surface area (Å²) < 4.78 is 1.94. The molecule has 0 aliphatic heterocycles. The highest BCUT2D eigenvalue weighted by Crippen LogP contribution is 2.28. The molecule has 0 unspecified atom stereocenters. The number of hydrogen-bond donors (Lipinski definition) is 1. The molecule has 24 heavy (non-hydrogen) atoms. The van der Waals surface area contributed by atoms with Crippen molar-refractivity contribution in [3.8, 4) is 6.07 Å². The molecule has 0 saturated heterocycles. The van der Waals surface area contributed by atoms with Crippen LogP contribution in [0.2, 0.25) is 5.02 Å². The Hall–Kier alpha value is -1.71. The third-order valence-electron chi connectivity index (χ3n) is 4.22. The van der Waals surface area contributed by atoms with Crippen LogP contribution in [-0.2, 0) is 11.8 Å². The minimum atomic E-state index is -0.883. The quantitative estimate of drug-likeness (QED) is 0.820. The SMILES string of the molecule is CC(C)[C@](C)(C#N)NC(=O)[C@H](C)Sc1nc2cc(Cl)ccc2n1C. The topological polar surface area (TPSA) is 70.7 Å². The molecule has 0 fully saturated rings. The normalized spacial score (nSPS) is 15.1. The number of aryl methyl sites for hydroxylation is 1. The van der Waals surface area contributed by atoms with E-state index in [0.717, 1.165) is 16.2 Å². The predicted molar refractivity (Wildman–Crippen MR) is 98.0 cm³/mol. The van der Waals surface area contributed by atoms with E-state index in [1.54, 1.807) is 13.0 Å². The number of imidazole rings is 1. The summed E-state index contributed by atoms with van der Waals surface area (Å²) in [5.74, 6) is -0.163. The van der Waals surface area contributed by atoms with E-state index in [9.17, 15) is 10.1 Å². The van der Waals surface area contributed by atoms with Gasteiger partial charge in [0.2, 0.25) is 5.91 Å². The highest BCUT2D eigenvalue weighted by atomic mass is 35.5. The van der Waals surface area contributed by atoms with Crippen molar-refractivity contribution >= 4 is 40.3 Å². The van der Waals surface area contributed by atoms with E-state index in [4.69, 9.17) is 11.6 Å². The third-order valence-corrected chi connectivity index (χ3v) is 5.60. The molecular formula is C17H21ClN4OS. The summed E-state index contributed by atoms with van der Waals surface area (Å²) in [6.07, 6.45) is 0. The van der Waals surface area contributed by atoms with E-state index >= 15 is 0 Å². The van der Waals surface area contributed by atoms with E-state index in [1.807, 2.05) is 44.5 Å². The highest BCUT2D eigenvalue weighted by molar-refractivity contribution is 8.00. The molecule has 0 spiro atoms. The van der Waals surface area contributed by atoms with Gasteiger partial charge in [0.25, 0.3) is 0 Å². The maximum Gasteiger partial charge on any atom is 0.234 e. The minimum absolute atomic E-state index is 0.0153. The largest absolute Gasteiger partial charge is 0.337 e. The zero-order chi connectivity index (χ0) is 18.1. The van der Waals surface area contributed by atoms with Crippen LogP contribution in [0.1, 0.15) is 27.7 Å². The molecule has 0 bridgehead atoms. The van der Waals surface area contributed by atoms with Crippen LogP contribution in [0.15, 0.2) is 23.4 Å². The van der Waals surface area contributed by atoms with Gasteiger partial charge in [-0.15, -0.1) is 0 Å². The number of rotatable bonds is 5. The van der Waals surface area contributed by atoms with E-state index < -0.39 is 5.54 Å². The number of nitriles is 1. The van der Waals surface area contributed by atoms with E-state index in [0.29, 0.717) is 5.02 Å². The first-order chi connectivity index (χ1) is 11.2. The first-order valence-electron chi connectivity index (χ1n) is 7.70. The van der Waals surface area contributed by atoms with Gasteiger partial charge in [-0.25, -0.2) is 4.98 Å². The molecule has 1 aromatic heterocycles. The molecule has 2 rings (SSSR count). The number of amides is 1. The van der Waals surface area contributed by atoms with Gasteiger partial charge < -0.3 is 9.88 Å². The Morgan fingerprint density at radius 2 is 2.12 bits per heavy atom. The van der Waals surface area contributed by atoms with Gasteiger partial charge in [-0.05, 0) is 38.0 Å². The predicted octanol–water partition coefficient (Wildman–Crippen LogP) is 3.76. The number of aromatic nitrogens is 2. The van der Waals surface area contributed by atoms with E-state index in [1.165, 1.54) is 11.8 Å². The molecule has 5 nitrogen and oxygen atoms in total. The molecule has 0 aliphatic carbocycles. The van der Waals surface area contributed by atoms with Crippen molar-refractivity contribution in [3.05, 3.63) is 23.2 Å². The van der Waals surface area contributed by atoms with E-state index in [2.05, 4.69) is 16.4 Å². The number of carbonyl (C=O) groups excluding carboxylic acids is 1. The van der Waals surface area contributed by atoms with Crippen molar-refractivity contribution in [1.29, 1.82) is 5.26 Å². The maximum atomic E-state index is 12.5. The van der Waals surface area contributed by atoms with Crippen molar-refractivity contribution in [1.82, 2.24) is 14.9 Å². The first kappa shape index (κ1) is 18.6. The lowest BCUT2D eigenvalue weighted by molar-refractivity contribution is -0.121. The average molecular weight is 365 g/mol. The van der Waals surface area contributed by atoms with Crippen LogP contribution >= 0.6 is 23.4 Å². The summed E-state index contributed by atoms with van der Waals surface area (Å²) in [6.45, 7) is 7.38. The molecule has 1 aromatic carbocycles. The molecule has 7 heteroatoms.